The summed E-state index contributed by atoms with van der Waals surface area (Å²) in [7, 11) is -0.397. The van der Waals surface area contributed by atoms with Gasteiger partial charge in [-0.3, -0.25) is 0 Å². The molecule has 0 unspecified atom stereocenters. The standard InChI is InChI=1S/C20H28BF3N3O3S/c1-18(2)19(3,4)30-21(29-18)15-9-7-14(8-10-15)16-25-17(20(22,23)24)27(26-16)13-28-11-12-31(5)6/h7-10H,11-13H2,1-6H3/q+1. The van der Waals surface area contributed by atoms with Crippen molar-refractivity contribution in [3.63, 3.8) is 0 Å². The summed E-state index contributed by atoms with van der Waals surface area (Å²) < 4.78 is 58.4. The van der Waals surface area contributed by atoms with E-state index >= 15 is 0 Å². The molecule has 31 heavy (non-hydrogen) atoms. The Morgan fingerprint density at radius 2 is 1.65 bits per heavy atom. The molecule has 0 atom stereocenters. The zero-order valence-corrected chi connectivity index (χ0v) is 19.4. The van der Waals surface area contributed by atoms with Crippen molar-refractivity contribution in [2.24, 2.45) is 0 Å². The lowest BCUT2D eigenvalue weighted by atomic mass is 9.79. The molecule has 0 bridgehead atoms. The first-order valence-electron chi connectivity index (χ1n) is 9.90. The fraction of sp³-hybridized carbons (Fsp3) is 0.600. The summed E-state index contributed by atoms with van der Waals surface area (Å²) in [5.74, 6) is -0.310. The van der Waals surface area contributed by atoms with Crippen LogP contribution in [0, 0.1) is 0 Å². The van der Waals surface area contributed by atoms with Gasteiger partial charge in [-0.05, 0) is 44.1 Å². The van der Waals surface area contributed by atoms with Crippen LogP contribution >= 0.6 is 0 Å². The summed E-state index contributed by atoms with van der Waals surface area (Å²) in [6.45, 7) is 7.90. The zero-order chi connectivity index (χ0) is 23.0. The van der Waals surface area contributed by atoms with Crippen LogP contribution in [0.1, 0.15) is 33.5 Å². The van der Waals surface area contributed by atoms with Gasteiger partial charge in [-0.1, -0.05) is 24.3 Å². The molecule has 0 amide bonds. The highest BCUT2D eigenvalue weighted by Gasteiger charge is 2.51. The Hall–Kier alpha value is -1.56. The van der Waals surface area contributed by atoms with E-state index in [9.17, 15) is 13.2 Å². The molecule has 1 aromatic heterocycles. The number of halogens is 3. The molecule has 3 rings (SSSR count). The molecular weight excluding hydrogens is 430 g/mol. The molecule has 0 aliphatic carbocycles. The number of nitrogens with zero attached hydrogens (tertiary/aromatic N) is 3. The first-order valence-corrected chi connectivity index (χ1v) is 12.1. The van der Waals surface area contributed by atoms with Gasteiger partial charge >= 0.3 is 13.3 Å². The Morgan fingerprint density at radius 3 is 2.16 bits per heavy atom. The average Bonchev–Trinajstić information content (AvgIpc) is 3.17. The van der Waals surface area contributed by atoms with Crippen LogP contribution in [0.4, 0.5) is 13.2 Å². The number of ether oxygens (including phenoxy) is 1. The van der Waals surface area contributed by atoms with Crippen molar-refractivity contribution in [1.82, 2.24) is 14.8 Å². The maximum Gasteiger partial charge on any atom is 0.494 e. The lowest BCUT2D eigenvalue weighted by molar-refractivity contribution is -0.150. The number of hydrogen-bond acceptors (Lipinski definition) is 5. The van der Waals surface area contributed by atoms with Crippen molar-refractivity contribution in [2.75, 3.05) is 24.9 Å². The van der Waals surface area contributed by atoms with Crippen molar-refractivity contribution < 1.29 is 27.2 Å². The topological polar surface area (TPSA) is 58.4 Å². The van der Waals surface area contributed by atoms with Crippen LogP contribution in [-0.2, 0) is 37.8 Å². The molecule has 2 heterocycles. The molecule has 1 aliphatic heterocycles. The van der Waals surface area contributed by atoms with Crippen molar-refractivity contribution in [2.45, 2.75) is 51.8 Å². The Kier molecular flexibility index (Phi) is 6.81. The van der Waals surface area contributed by atoms with E-state index in [1.165, 1.54) is 0 Å². The van der Waals surface area contributed by atoms with Gasteiger partial charge in [-0.15, -0.1) is 5.10 Å². The van der Waals surface area contributed by atoms with Crippen LogP contribution in [0.5, 0.6) is 0 Å². The molecule has 0 spiro atoms. The van der Waals surface area contributed by atoms with Crippen LogP contribution in [0.25, 0.3) is 11.4 Å². The highest BCUT2D eigenvalue weighted by atomic mass is 32.2. The first-order chi connectivity index (χ1) is 14.3. The van der Waals surface area contributed by atoms with Gasteiger partial charge in [0.15, 0.2) is 5.82 Å². The molecule has 0 N–H and O–H groups in total. The van der Waals surface area contributed by atoms with Gasteiger partial charge < -0.3 is 14.0 Å². The highest BCUT2D eigenvalue weighted by molar-refractivity contribution is 7.95. The first kappa shape index (κ1) is 24.1. The van der Waals surface area contributed by atoms with Gasteiger partial charge in [-0.2, -0.15) is 13.2 Å². The fourth-order valence-corrected chi connectivity index (χ4v) is 3.36. The van der Waals surface area contributed by atoms with E-state index < -0.39 is 30.3 Å². The SMILES string of the molecule is C[S+](C)CCOCn1nc(-c2ccc(B3OC(C)(C)C(C)(C)O3)cc2)nc1C(F)(F)F. The molecule has 1 aliphatic rings. The van der Waals surface area contributed by atoms with E-state index in [4.69, 9.17) is 14.0 Å². The Morgan fingerprint density at radius 1 is 1.06 bits per heavy atom. The summed E-state index contributed by atoms with van der Waals surface area (Å²) >= 11 is 0. The molecule has 170 valence electrons. The molecule has 0 saturated carbocycles. The number of aromatic nitrogens is 3. The van der Waals surface area contributed by atoms with Crippen LogP contribution in [0.3, 0.4) is 0 Å². The Bertz CT molecular complexity index is 885. The molecule has 1 fully saturated rings. The van der Waals surface area contributed by atoms with E-state index in [-0.39, 0.29) is 23.5 Å². The van der Waals surface area contributed by atoms with Gasteiger partial charge in [0.2, 0.25) is 5.82 Å². The van der Waals surface area contributed by atoms with Crippen molar-refractivity contribution in [3.05, 3.63) is 30.1 Å². The summed E-state index contributed by atoms with van der Waals surface area (Å²) in [5, 5.41) is 4.04. The van der Waals surface area contributed by atoms with Crippen LogP contribution < -0.4 is 5.46 Å². The van der Waals surface area contributed by atoms with Crippen molar-refractivity contribution in [1.29, 1.82) is 0 Å². The van der Waals surface area contributed by atoms with Gasteiger partial charge in [0.05, 0.1) is 30.3 Å². The Labute approximate surface area is 184 Å². The summed E-state index contributed by atoms with van der Waals surface area (Å²) in [6, 6.07) is 6.85. The third-order valence-corrected chi connectivity index (χ3v) is 6.45. The maximum atomic E-state index is 13.4. The van der Waals surface area contributed by atoms with Gasteiger partial charge in [-0.25, -0.2) is 9.67 Å². The predicted molar refractivity (Wildman–Crippen MR) is 116 cm³/mol. The smallest absolute Gasteiger partial charge is 0.399 e. The van der Waals surface area contributed by atoms with Crippen LogP contribution in [-0.4, -0.2) is 58.0 Å². The van der Waals surface area contributed by atoms with E-state index in [2.05, 4.69) is 10.1 Å². The number of rotatable bonds is 7. The second-order valence-electron chi connectivity index (χ2n) is 8.69. The fourth-order valence-electron chi connectivity index (χ4n) is 2.91. The predicted octanol–water partition coefficient (Wildman–Crippen LogP) is 3.12. The third kappa shape index (κ3) is 5.44. The third-order valence-electron chi connectivity index (χ3n) is 5.47. The second kappa shape index (κ2) is 8.76. The lowest BCUT2D eigenvalue weighted by Crippen LogP contribution is -2.41. The monoisotopic (exact) mass is 458 g/mol. The molecule has 2 aromatic rings. The summed E-state index contributed by atoms with van der Waals surface area (Å²) in [4.78, 5) is 3.73. The molecule has 0 radical (unpaired) electrons. The molecule has 1 aromatic carbocycles. The number of alkyl halides is 3. The van der Waals surface area contributed by atoms with Gasteiger partial charge in [0, 0.05) is 5.56 Å². The van der Waals surface area contributed by atoms with Gasteiger partial charge in [0.25, 0.3) is 0 Å². The molecular formula is C20H28BF3N3O3S+. The van der Waals surface area contributed by atoms with E-state index in [0.717, 1.165) is 15.9 Å². The minimum absolute atomic E-state index is 0.0119. The maximum absolute atomic E-state index is 13.4. The van der Waals surface area contributed by atoms with Gasteiger partial charge in [0.1, 0.15) is 12.5 Å². The lowest BCUT2D eigenvalue weighted by Gasteiger charge is -2.32. The van der Waals surface area contributed by atoms with Crippen LogP contribution in [0.15, 0.2) is 24.3 Å². The van der Waals surface area contributed by atoms with E-state index in [1.807, 2.05) is 40.2 Å². The normalized spacial score (nSPS) is 18.2. The molecule has 11 heteroatoms. The average molecular weight is 458 g/mol. The molecule has 1 saturated heterocycles. The second-order valence-corrected chi connectivity index (χ2v) is 11.1. The largest absolute Gasteiger partial charge is 0.494 e. The summed E-state index contributed by atoms with van der Waals surface area (Å²) in [6.07, 6.45) is -0.534. The van der Waals surface area contributed by atoms with E-state index in [0.29, 0.717) is 12.2 Å². The van der Waals surface area contributed by atoms with Crippen LogP contribution in [0.2, 0.25) is 0 Å². The highest BCUT2D eigenvalue weighted by Crippen LogP contribution is 2.36. The van der Waals surface area contributed by atoms with Crippen molar-refractivity contribution in [3.8, 4) is 11.4 Å². The minimum Gasteiger partial charge on any atom is -0.399 e. The quantitative estimate of drug-likeness (QED) is 0.363. The summed E-state index contributed by atoms with van der Waals surface area (Å²) in [5.41, 5.74) is 0.284. The number of benzene rings is 1. The zero-order valence-electron chi connectivity index (χ0n) is 18.6. The Balaban J connectivity index is 1.78. The molecule has 6 nitrogen and oxygen atoms in total. The minimum atomic E-state index is -4.63. The van der Waals surface area contributed by atoms with E-state index in [1.54, 1.807) is 24.3 Å². The van der Waals surface area contributed by atoms with Crippen molar-refractivity contribution >= 4 is 23.5 Å². The number of hydrogen-bond donors (Lipinski definition) is 0.